The van der Waals surface area contributed by atoms with E-state index in [-0.39, 0.29) is 11.3 Å². The number of likely N-dealkylation sites (tertiary alicyclic amines) is 1. The maximum absolute atomic E-state index is 13.3. The van der Waals surface area contributed by atoms with Gasteiger partial charge in [-0.05, 0) is 60.8 Å². The number of nitrogens with zero attached hydrogens (tertiary/aromatic N) is 2. The average Bonchev–Trinajstić information content (AvgIpc) is 2.77. The molecule has 1 saturated heterocycles. The van der Waals surface area contributed by atoms with Gasteiger partial charge in [0.15, 0.2) is 0 Å². The number of benzene rings is 2. The maximum atomic E-state index is 13.3. The van der Waals surface area contributed by atoms with E-state index in [1.165, 1.54) is 10.6 Å². The number of hydrogen-bond donors (Lipinski definition) is 0. The molecule has 0 aliphatic carbocycles. The smallest absolute Gasteiger partial charge is 0.405 e. The lowest BCUT2D eigenvalue weighted by Gasteiger charge is -2.34. The summed E-state index contributed by atoms with van der Waals surface area (Å²) in [5, 5.41) is 1.22. The van der Waals surface area contributed by atoms with E-state index in [0.29, 0.717) is 45.8 Å². The minimum absolute atomic E-state index is 0.150. The lowest BCUT2D eigenvalue weighted by atomic mass is 9.86. The van der Waals surface area contributed by atoms with Crippen molar-refractivity contribution in [1.29, 1.82) is 0 Å². The summed E-state index contributed by atoms with van der Waals surface area (Å²) in [6.45, 7) is 6.57. The Morgan fingerprint density at radius 2 is 1.73 bits per heavy atom. The van der Waals surface area contributed by atoms with Gasteiger partial charge in [-0.25, -0.2) is 0 Å². The van der Waals surface area contributed by atoms with Crippen LogP contribution >= 0.6 is 0 Å². The van der Waals surface area contributed by atoms with Gasteiger partial charge in [-0.1, -0.05) is 44.2 Å². The van der Waals surface area contributed by atoms with Crippen LogP contribution in [0.4, 0.5) is 13.2 Å². The van der Waals surface area contributed by atoms with Crippen LogP contribution < -0.4 is 10.3 Å². The van der Waals surface area contributed by atoms with Crippen LogP contribution in [0.25, 0.3) is 21.9 Å². The number of rotatable bonds is 5. The van der Waals surface area contributed by atoms with Gasteiger partial charge in [-0.3, -0.25) is 9.69 Å². The highest BCUT2D eigenvalue weighted by atomic mass is 19.4. The van der Waals surface area contributed by atoms with Gasteiger partial charge in [0.1, 0.15) is 5.75 Å². The van der Waals surface area contributed by atoms with E-state index >= 15 is 0 Å². The molecule has 0 spiro atoms. The molecule has 1 fully saturated rings. The standard InChI is InChI=1S/C26H29F3N2O2/c1-17(2)18-10-12-31(13-11-18)15-20-9-8-19(14-24(20)33-26(27,28)29)23-16-30(3)25(32)22-7-5-4-6-21(22)23/h4-9,14,16-18H,10-13,15H2,1-3H3. The molecule has 2 heterocycles. The van der Waals surface area contributed by atoms with Gasteiger partial charge in [0.2, 0.25) is 0 Å². The molecule has 0 N–H and O–H groups in total. The summed E-state index contributed by atoms with van der Waals surface area (Å²) < 4.78 is 45.7. The van der Waals surface area contributed by atoms with E-state index in [4.69, 9.17) is 0 Å². The summed E-state index contributed by atoms with van der Waals surface area (Å²) in [6, 6.07) is 12.1. The van der Waals surface area contributed by atoms with Crippen molar-refractivity contribution in [3.8, 4) is 16.9 Å². The van der Waals surface area contributed by atoms with Crippen LogP contribution in [0.5, 0.6) is 5.75 Å². The quantitative estimate of drug-likeness (QED) is 0.472. The first-order valence-electron chi connectivity index (χ1n) is 11.3. The third kappa shape index (κ3) is 5.24. The van der Waals surface area contributed by atoms with Crippen molar-refractivity contribution in [3.05, 3.63) is 64.6 Å². The normalized spacial score (nSPS) is 16.0. The molecular formula is C26H29F3N2O2. The Kier molecular flexibility index (Phi) is 6.52. The highest BCUT2D eigenvalue weighted by Crippen LogP contribution is 2.35. The SMILES string of the molecule is CC(C)C1CCN(Cc2ccc(-c3cn(C)c(=O)c4ccccc34)cc2OC(F)(F)F)CC1. The summed E-state index contributed by atoms with van der Waals surface area (Å²) in [5.74, 6) is 1.09. The molecule has 1 aromatic heterocycles. The Labute approximate surface area is 191 Å². The second-order valence-corrected chi connectivity index (χ2v) is 9.23. The highest BCUT2D eigenvalue weighted by Gasteiger charge is 2.33. The van der Waals surface area contributed by atoms with Crippen molar-refractivity contribution in [1.82, 2.24) is 9.47 Å². The Morgan fingerprint density at radius 1 is 1.06 bits per heavy atom. The second kappa shape index (κ2) is 9.21. The highest BCUT2D eigenvalue weighted by molar-refractivity contribution is 5.96. The van der Waals surface area contributed by atoms with E-state index in [9.17, 15) is 18.0 Å². The fourth-order valence-electron chi connectivity index (χ4n) is 4.74. The van der Waals surface area contributed by atoms with Gasteiger partial charge in [0, 0.05) is 36.3 Å². The largest absolute Gasteiger partial charge is 0.573 e. The molecule has 0 bridgehead atoms. The number of aromatic nitrogens is 1. The second-order valence-electron chi connectivity index (χ2n) is 9.23. The van der Waals surface area contributed by atoms with E-state index in [2.05, 4.69) is 23.5 Å². The fraction of sp³-hybridized carbons (Fsp3) is 0.423. The monoisotopic (exact) mass is 458 g/mol. The van der Waals surface area contributed by atoms with Crippen molar-refractivity contribution in [2.45, 2.75) is 39.6 Å². The van der Waals surface area contributed by atoms with E-state index in [1.807, 2.05) is 18.2 Å². The first-order chi connectivity index (χ1) is 15.6. The summed E-state index contributed by atoms with van der Waals surface area (Å²) in [7, 11) is 1.64. The zero-order chi connectivity index (χ0) is 23.8. The van der Waals surface area contributed by atoms with Gasteiger partial charge >= 0.3 is 6.36 Å². The topological polar surface area (TPSA) is 34.5 Å². The molecule has 33 heavy (non-hydrogen) atoms. The third-order valence-electron chi connectivity index (χ3n) is 6.66. The predicted octanol–water partition coefficient (Wildman–Crippen LogP) is 5.97. The lowest BCUT2D eigenvalue weighted by Crippen LogP contribution is -2.35. The molecule has 4 rings (SSSR count). The van der Waals surface area contributed by atoms with Crippen LogP contribution in [0.3, 0.4) is 0 Å². The molecule has 0 atom stereocenters. The van der Waals surface area contributed by atoms with Crippen molar-refractivity contribution in [2.75, 3.05) is 13.1 Å². The van der Waals surface area contributed by atoms with E-state index in [1.54, 1.807) is 31.4 Å². The lowest BCUT2D eigenvalue weighted by molar-refractivity contribution is -0.275. The van der Waals surface area contributed by atoms with Crippen LogP contribution in [0, 0.1) is 11.8 Å². The molecular weight excluding hydrogens is 429 g/mol. The van der Waals surface area contributed by atoms with Crippen LogP contribution in [0.2, 0.25) is 0 Å². The van der Waals surface area contributed by atoms with Crippen molar-refractivity contribution < 1.29 is 17.9 Å². The van der Waals surface area contributed by atoms with Gasteiger partial charge in [-0.15, -0.1) is 13.2 Å². The molecule has 0 radical (unpaired) electrons. The summed E-state index contributed by atoms with van der Waals surface area (Å²) >= 11 is 0. The first-order valence-corrected chi connectivity index (χ1v) is 11.3. The van der Waals surface area contributed by atoms with Gasteiger partial charge in [0.25, 0.3) is 5.56 Å². The minimum atomic E-state index is -4.79. The van der Waals surface area contributed by atoms with Crippen molar-refractivity contribution in [2.24, 2.45) is 18.9 Å². The number of pyridine rings is 1. The van der Waals surface area contributed by atoms with Crippen LogP contribution in [0.1, 0.15) is 32.3 Å². The molecule has 0 unspecified atom stereocenters. The molecule has 0 saturated carbocycles. The number of hydrogen-bond acceptors (Lipinski definition) is 3. The van der Waals surface area contributed by atoms with Crippen molar-refractivity contribution >= 4 is 10.8 Å². The fourth-order valence-corrected chi connectivity index (χ4v) is 4.74. The van der Waals surface area contributed by atoms with Crippen LogP contribution in [-0.4, -0.2) is 28.9 Å². The molecule has 0 amide bonds. The van der Waals surface area contributed by atoms with E-state index < -0.39 is 6.36 Å². The van der Waals surface area contributed by atoms with Crippen LogP contribution in [-0.2, 0) is 13.6 Å². The average molecular weight is 459 g/mol. The number of alkyl halides is 3. The third-order valence-corrected chi connectivity index (χ3v) is 6.66. The molecule has 4 nitrogen and oxygen atoms in total. The number of piperidine rings is 1. The zero-order valence-electron chi connectivity index (χ0n) is 19.2. The Hall–Kier alpha value is -2.80. The number of fused-ring (bicyclic) bond motifs is 1. The van der Waals surface area contributed by atoms with Crippen molar-refractivity contribution in [3.63, 3.8) is 0 Å². The minimum Gasteiger partial charge on any atom is -0.405 e. The maximum Gasteiger partial charge on any atom is 0.573 e. The molecule has 2 aromatic carbocycles. The molecule has 176 valence electrons. The summed E-state index contributed by atoms with van der Waals surface area (Å²) in [6.07, 6.45) is -1.03. The molecule has 7 heteroatoms. The molecule has 1 aliphatic rings. The number of halogens is 3. The molecule has 1 aliphatic heterocycles. The summed E-state index contributed by atoms with van der Waals surface area (Å²) in [4.78, 5) is 14.7. The Bertz CT molecular complexity index is 1190. The Morgan fingerprint density at radius 3 is 2.36 bits per heavy atom. The number of ether oxygens (including phenoxy) is 1. The number of aryl methyl sites for hydroxylation is 1. The van der Waals surface area contributed by atoms with Gasteiger partial charge < -0.3 is 9.30 Å². The van der Waals surface area contributed by atoms with Gasteiger partial charge in [0.05, 0.1) is 0 Å². The predicted molar refractivity (Wildman–Crippen MR) is 124 cm³/mol. The van der Waals surface area contributed by atoms with Crippen LogP contribution in [0.15, 0.2) is 53.5 Å². The first kappa shape index (κ1) is 23.4. The molecule has 3 aromatic rings. The zero-order valence-corrected chi connectivity index (χ0v) is 19.2. The Balaban J connectivity index is 1.70. The van der Waals surface area contributed by atoms with Gasteiger partial charge in [-0.2, -0.15) is 0 Å². The summed E-state index contributed by atoms with van der Waals surface area (Å²) in [5.41, 5.74) is 1.61. The van der Waals surface area contributed by atoms with E-state index in [0.717, 1.165) is 25.9 Å².